The predicted octanol–water partition coefficient (Wildman–Crippen LogP) is 2.43. The molecule has 0 saturated heterocycles. The highest BCUT2D eigenvalue weighted by molar-refractivity contribution is 4.98. The third-order valence-electron chi connectivity index (χ3n) is 2.29. The summed E-state index contributed by atoms with van der Waals surface area (Å²) in [6, 6.07) is 2.23. The summed E-state index contributed by atoms with van der Waals surface area (Å²) >= 11 is 0. The van der Waals surface area contributed by atoms with E-state index in [2.05, 4.69) is 6.07 Å². The molecule has 0 unspecified atom stereocenters. The minimum absolute atomic E-state index is 0.234. The standard InChI is InChI=1S/C8H12FN/c1-8(6-10)4-2-7(9)3-5-8/h7H,2-5H2,1H3. The summed E-state index contributed by atoms with van der Waals surface area (Å²) in [6.45, 7) is 1.92. The van der Waals surface area contributed by atoms with Gasteiger partial charge in [0.15, 0.2) is 0 Å². The molecule has 10 heavy (non-hydrogen) atoms. The van der Waals surface area contributed by atoms with Gasteiger partial charge in [0.1, 0.15) is 6.17 Å². The summed E-state index contributed by atoms with van der Waals surface area (Å²) in [5.74, 6) is 0. The van der Waals surface area contributed by atoms with Gasteiger partial charge in [-0.2, -0.15) is 5.26 Å². The first-order chi connectivity index (χ1) is 4.66. The number of hydrogen-bond acceptors (Lipinski definition) is 1. The van der Waals surface area contributed by atoms with Crippen LogP contribution in [-0.2, 0) is 0 Å². The van der Waals surface area contributed by atoms with Gasteiger partial charge in [-0.3, -0.25) is 0 Å². The lowest BCUT2D eigenvalue weighted by atomic mass is 9.76. The molecule has 1 saturated carbocycles. The molecule has 0 aromatic heterocycles. The summed E-state index contributed by atoms with van der Waals surface area (Å²) in [5, 5.41) is 8.66. The lowest BCUT2D eigenvalue weighted by Gasteiger charge is -2.27. The molecule has 1 aliphatic carbocycles. The second-order valence-corrected chi connectivity index (χ2v) is 3.35. The van der Waals surface area contributed by atoms with Crippen molar-refractivity contribution < 1.29 is 4.39 Å². The van der Waals surface area contributed by atoms with Crippen LogP contribution >= 0.6 is 0 Å². The minimum atomic E-state index is -0.651. The van der Waals surface area contributed by atoms with Crippen molar-refractivity contribution in [1.29, 1.82) is 5.26 Å². The second kappa shape index (κ2) is 2.57. The molecule has 0 bridgehead atoms. The Hall–Kier alpha value is -0.580. The third kappa shape index (κ3) is 1.47. The maximum Gasteiger partial charge on any atom is 0.100 e. The first-order valence-electron chi connectivity index (χ1n) is 3.72. The van der Waals surface area contributed by atoms with Crippen LogP contribution in [0.1, 0.15) is 32.6 Å². The van der Waals surface area contributed by atoms with Crippen LogP contribution in [0.5, 0.6) is 0 Å². The van der Waals surface area contributed by atoms with Gasteiger partial charge >= 0.3 is 0 Å². The molecule has 1 fully saturated rings. The zero-order valence-corrected chi connectivity index (χ0v) is 6.23. The van der Waals surface area contributed by atoms with E-state index in [1.165, 1.54) is 0 Å². The molecule has 0 aromatic carbocycles. The summed E-state index contributed by atoms with van der Waals surface area (Å²) in [6.07, 6.45) is 1.95. The highest BCUT2D eigenvalue weighted by atomic mass is 19.1. The first kappa shape index (κ1) is 7.53. The van der Waals surface area contributed by atoms with E-state index < -0.39 is 6.17 Å². The zero-order valence-electron chi connectivity index (χ0n) is 6.23. The Bertz CT molecular complexity index is 151. The maximum atomic E-state index is 12.6. The number of halogens is 1. The normalized spacial score (nSPS) is 40.7. The Balaban J connectivity index is 2.48. The molecule has 0 amide bonds. The van der Waals surface area contributed by atoms with Crippen LogP contribution in [0.2, 0.25) is 0 Å². The Morgan fingerprint density at radius 1 is 1.50 bits per heavy atom. The molecule has 1 nitrogen and oxygen atoms in total. The van der Waals surface area contributed by atoms with Crippen molar-refractivity contribution in [2.45, 2.75) is 38.8 Å². The summed E-state index contributed by atoms with van der Waals surface area (Å²) < 4.78 is 12.6. The fraction of sp³-hybridized carbons (Fsp3) is 0.875. The summed E-state index contributed by atoms with van der Waals surface area (Å²) in [4.78, 5) is 0. The van der Waals surface area contributed by atoms with E-state index in [-0.39, 0.29) is 5.41 Å². The molecule has 0 aliphatic heterocycles. The molecule has 1 aliphatic rings. The lowest BCUT2D eigenvalue weighted by molar-refractivity contribution is 0.178. The molecule has 0 aromatic rings. The van der Waals surface area contributed by atoms with Crippen LogP contribution in [0.25, 0.3) is 0 Å². The van der Waals surface area contributed by atoms with Gasteiger partial charge in [-0.25, -0.2) is 4.39 Å². The second-order valence-electron chi connectivity index (χ2n) is 3.35. The van der Waals surface area contributed by atoms with Gasteiger partial charge in [0.2, 0.25) is 0 Å². The van der Waals surface area contributed by atoms with Crippen LogP contribution in [0.15, 0.2) is 0 Å². The van der Waals surface area contributed by atoms with Crippen LogP contribution < -0.4 is 0 Å². The van der Waals surface area contributed by atoms with E-state index in [0.717, 1.165) is 12.8 Å². The fourth-order valence-electron chi connectivity index (χ4n) is 1.33. The van der Waals surface area contributed by atoms with E-state index in [1.54, 1.807) is 0 Å². The molecule has 0 spiro atoms. The van der Waals surface area contributed by atoms with E-state index in [9.17, 15) is 4.39 Å². The van der Waals surface area contributed by atoms with Gasteiger partial charge in [0.05, 0.1) is 11.5 Å². The molecule has 56 valence electrons. The van der Waals surface area contributed by atoms with E-state index >= 15 is 0 Å². The summed E-state index contributed by atoms with van der Waals surface area (Å²) in [7, 11) is 0. The Kier molecular flexibility index (Phi) is 1.94. The van der Waals surface area contributed by atoms with Crippen LogP contribution in [0, 0.1) is 16.7 Å². The van der Waals surface area contributed by atoms with E-state index in [4.69, 9.17) is 5.26 Å². The first-order valence-corrected chi connectivity index (χ1v) is 3.72. The molecular weight excluding hydrogens is 129 g/mol. The largest absolute Gasteiger partial charge is 0.247 e. The van der Waals surface area contributed by atoms with Crippen LogP contribution in [0.4, 0.5) is 4.39 Å². The van der Waals surface area contributed by atoms with Gasteiger partial charge in [0, 0.05) is 0 Å². The number of nitrogens with zero attached hydrogens (tertiary/aromatic N) is 1. The van der Waals surface area contributed by atoms with Crippen molar-refractivity contribution in [3.8, 4) is 6.07 Å². The van der Waals surface area contributed by atoms with Crippen LogP contribution in [0.3, 0.4) is 0 Å². The molecular formula is C8H12FN. The molecule has 1 rings (SSSR count). The van der Waals surface area contributed by atoms with Crippen molar-refractivity contribution in [3.63, 3.8) is 0 Å². The van der Waals surface area contributed by atoms with E-state index in [1.807, 2.05) is 6.92 Å². The van der Waals surface area contributed by atoms with Crippen molar-refractivity contribution in [2.24, 2.45) is 5.41 Å². The Morgan fingerprint density at radius 2 is 2.00 bits per heavy atom. The SMILES string of the molecule is CC1(C#N)CCC(F)CC1. The number of hydrogen-bond donors (Lipinski definition) is 0. The quantitative estimate of drug-likeness (QED) is 0.508. The number of alkyl halides is 1. The lowest BCUT2D eigenvalue weighted by Crippen LogP contribution is -2.23. The molecule has 0 atom stereocenters. The van der Waals surface area contributed by atoms with Gasteiger partial charge in [-0.15, -0.1) is 0 Å². The average Bonchev–Trinajstić information content (AvgIpc) is 1.96. The van der Waals surface area contributed by atoms with Crippen molar-refractivity contribution in [3.05, 3.63) is 0 Å². The molecule has 0 N–H and O–H groups in total. The molecule has 0 heterocycles. The Labute approximate surface area is 60.8 Å². The monoisotopic (exact) mass is 141 g/mol. The maximum absolute atomic E-state index is 12.6. The minimum Gasteiger partial charge on any atom is -0.247 e. The van der Waals surface area contributed by atoms with Crippen LogP contribution in [-0.4, -0.2) is 6.17 Å². The van der Waals surface area contributed by atoms with E-state index in [0.29, 0.717) is 12.8 Å². The average molecular weight is 141 g/mol. The van der Waals surface area contributed by atoms with Gasteiger partial charge in [0.25, 0.3) is 0 Å². The smallest absolute Gasteiger partial charge is 0.100 e. The topological polar surface area (TPSA) is 23.8 Å². The summed E-state index contributed by atoms with van der Waals surface area (Å²) in [5.41, 5.74) is -0.234. The Morgan fingerprint density at radius 3 is 2.40 bits per heavy atom. The highest BCUT2D eigenvalue weighted by Crippen LogP contribution is 2.35. The highest BCUT2D eigenvalue weighted by Gasteiger charge is 2.30. The van der Waals surface area contributed by atoms with Gasteiger partial charge in [-0.05, 0) is 32.6 Å². The van der Waals surface area contributed by atoms with Gasteiger partial charge in [-0.1, -0.05) is 0 Å². The number of nitriles is 1. The van der Waals surface area contributed by atoms with Crippen molar-refractivity contribution in [2.75, 3.05) is 0 Å². The van der Waals surface area contributed by atoms with Crippen molar-refractivity contribution in [1.82, 2.24) is 0 Å². The predicted molar refractivity (Wildman–Crippen MR) is 37.1 cm³/mol. The molecule has 2 heteroatoms. The molecule has 0 radical (unpaired) electrons. The third-order valence-corrected chi connectivity index (χ3v) is 2.29. The van der Waals surface area contributed by atoms with Crippen molar-refractivity contribution >= 4 is 0 Å². The van der Waals surface area contributed by atoms with Gasteiger partial charge < -0.3 is 0 Å². The fourth-order valence-corrected chi connectivity index (χ4v) is 1.33. The number of rotatable bonds is 0. The zero-order chi connectivity index (χ0) is 7.61.